The number of nitrogens with zero attached hydrogens (tertiary/aromatic N) is 4. The number of hydrogen-bond acceptors (Lipinski definition) is 4. The van der Waals surface area contributed by atoms with Gasteiger partial charge >= 0.3 is 0 Å². The molecule has 1 aliphatic heterocycles. The van der Waals surface area contributed by atoms with E-state index in [1.165, 1.54) is 4.31 Å². The van der Waals surface area contributed by atoms with E-state index in [1.807, 2.05) is 30.6 Å². The van der Waals surface area contributed by atoms with Gasteiger partial charge in [-0.2, -0.15) is 4.31 Å². The van der Waals surface area contributed by atoms with Crippen LogP contribution in [0, 0.1) is 13.8 Å². The van der Waals surface area contributed by atoms with Crippen LogP contribution in [-0.4, -0.2) is 39.4 Å². The number of rotatable bonds is 2. The summed E-state index contributed by atoms with van der Waals surface area (Å²) in [5.41, 5.74) is 3.23. The zero-order chi connectivity index (χ0) is 14.3. The third-order valence-corrected chi connectivity index (χ3v) is 5.43. The van der Waals surface area contributed by atoms with Crippen molar-refractivity contribution in [2.24, 2.45) is 0 Å². The maximum Gasteiger partial charge on any atom is 0.214 e. The predicted molar refractivity (Wildman–Crippen MR) is 75.9 cm³/mol. The second kappa shape index (κ2) is 4.82. The lowest BCUT2D eigenvalue weighted by molar-refractivity contribution is 0.375. The van der Waals surface area contributed by atoms with Crippen molar-refractivity contribution in [3.05, 3.63) is 29.5 Å². The number of hydrogen-bond donors (Lipinski definition) is 0. The molecule has 0 bridgehead atoms. The number of imidazole rings is 1. The van der Waals surface area contributed by atoms with Gasteiger partial charge in [-0.1, -0.05) is 0 Å². The molecule has 1 saturated heterocycles. The van der Waals surface area contributed by atoms with Crippen molar-refractivity contribution in [2.45, 2.75) is 33.2 Å². The summed E-state index contributed by atoms with van der Waals surface area (Å²) in [6.07, 6.45) is 5.49. The van der Waals surface area contributed by atoms with Crippen LogP contribution in [0.2, 0.25) is 0 Å². The van der Waals surface area contributed by atoms with E-state index in [2.05, 4.69) is 9.97 Å². The molecular weight excluding hydrogens is 276 g/mol. The maximum absolute atomic E-state index is 12.1. The third-order valence-electron chi connectivity index (χ3n) is 3.53. The number of aryl methyl sites for hydroxylation is 2. The van der Waals surface area contributed by atoms with Crippen molar-refractivity contribution in [1.29, 1.82) is 0 Å². The SMILES string of the molecule is Cc1cn2cc(C)nc2c(CN2CCCCS2(=O)=O)n1. The average Bonchev–Trinajstić information content (AvgIpc) is 2.72. The molecule has 0 spiro atoms. The first-order chi connectivity index (χ1) is 9.45. The molecule has 108 valence electrons. The van der Waals surface area contributed by atoms with E-state index >= 15 is 0 Å². The topological polar surface area (TPSA) is 67.6 Å². The maximum atomic E-state index is 12.1. The molecular formula is C13H18N4O2S. The Bertz CT molecular complexity index is 751. The van der Waals surface area contributed by atoms with Crippen LogP contribution in [0.1, 0.15) is 29.9 Å². The summed E-state index contributed by atoms with van der Waals surface area (Å²) in [5.74, 6) is 0.239. The van der Waals surface area contributed by atoms with Gasteiger partial charge in [-0.05, 0) is 26.7 Å². The molecule has 3 rings (SSSR count). The van der Waals surface area contributed by atoms with E-state index in [9.17, 15) is 8.42 Å². The first-order valence-electron chi connectivity index (χ1n) is 6.75. The second-order valence-electron chi connectivity index (χ2n) is 5.30. The number of aromatic nitrogens is 3. The van der Waals surface area contributed by atoms with Crippen LogP contribution < -0.4 is 0 Å². The minimum Gasteiger partial charge on any atom is -0.303 e. The first-order valence-corrected chi connectivity index (χ1v) is 8.36. The summed E-state index contributed by atoms with van der Waals surface area (Å²) in [5, 5.41) is 0. The van der Waals surface area contributed by atoms with E-state index in [0.717, 1.165) is 35.6 Å². The second-order valence-corrected chi connectivity index (χ2v) is 7.39. The highest BCUT2D eigenvalue weighted by molar-refractivity contribution is 7.89. The van der Waals surface area contributed by atoms with Gasteiger partial charge in [0.05, 0.1) is 29.4 Å². The summed E-state index contributed by atoms with van der Waals surface area (Å²) in [6.45, 7) is 4.71. The van der Waals surface area contributed by atoms with Gasteiger partial charge in [0, 0.05) is 18.9 Å². The van der Waals surface area contributed by atoms with E-state index in [4.69, 9.17) is 0 Å². The van der Waals surface area contributed by atoms with Crippen LogP contribution in [0.5, 0.6) is 0 Å². The normalized spacial score (nSPS) is 19.5. The summed E-state index contributed by atoms with van der Waals surface area (Å²) >= 11 is 0. The summed E-state index contributed by atoms with van der Waals surface area (Å²) in [4.78, 5) is 8.93. The standard InChI is InChI=1S/C13H18N4O2S/c1-10-7-16-8-11(2)15-13(16)12(14-10)9-17-5-3-4-6-20(17,18)19/h7-8H,3-6,9H2,1-2H3. The van der Waals surface area contributed by atoms with Crippen molar-refractivity contribution in [3.63, 3.8) is 0 Å². The van der Waals surface area contributed by atoms with Crippen molar-refractivity contribution in [2.75, 3.05) is 12.3 Å². The minimum atomic E-state index is -3.14. The van der Waals surface area contributed by atoms with Crippen molar-refractivity contribution in [1.82, 2.24) is 18.7 Å². The Kier molecular flexibility index (Phi) is 3.25. The Morgan fingerprint density at radius 3 is 2.55 bits per heavy atom. The molecule has 2 aromatic heterocycles. The van der Waals surface area contributed by atoms with Gasteiger partial charge in [0.25, 0.3) is 0 Å². The van der Waals surface area contributed by atoms with Crippen LogP contribution in [0.15, 0.2) is 12.4 Å². The Labute approximate surface area is 118 Å². The molecule has 0 saturated carbocycles. The fourth-order valence-corrected chi connectivity index (χ4v) is 4.17. The molecule has 2 aromatic rings. The lowest BCUT2D eigenvalue weighted by Gasteiger charge is -2.25. The molecule has 0 amide bonds. The lowest BCUT2D eigenvalue weighted by Crippen LogP contribution is -2.37. The average molecular weight is 294 g/mol. The summed E-state index contributed by atoms with van der Waals surface area (Å²) in [6, 6.07) is 0. The fraction of sp³-hybridized carbons (Fsp3) is 0.538. The molecule has 1 fully saturated rings. The molecule has 3 heterocycles. The van der Waals surface area contributed by atoms with Crippen LogP contribution >= 0.6 is 0 Å². The monoisotopic (exact) mass is 294 g/mol. The molecule has 0 N–H and O–H groups in total. The van der Waals surface area contributed by atoms with Crippen LogP contribution in [0.3, 0.4) is 0 Å². The summed E-state index contributed by atoms with van der Waals surface area (Å²) < 4.78 is 27.6. The number of sulfonamides is 1. The highest BCUT2D eigenvalue weighted by atomic mass is 32.2. The summed E-state index contributed by atoms with van der Waals surface area (Å²) in [7, 11) is -3.14. The van der Waals surface area contributed by atoms with Gasteiger partial charge in [0.15, 0.2) is 5.65 Å². The molecule has 0 aliphatic carbocycles. The largest absolute Gasteiger partial charge is 0.303 e. The first kappa shape index (κ1) is 13.5. The van der Waals surface area contributed by atoms with Crippen LogP contribution in [0.4, 0.5) is 0 Å². The zero-order valence-corrected chi connectivity index (χ0v) is 12.5. The predicted octanol–water partition coefficient (Wildman–Crippen LogP) is 1.27. The van der Waals surface area contributed by atoms with Gasteiger partial charge in [-0.15, -0.1) is 0 Å². The molecule has 1 aliphatic rings. The molecule has 0 atom stereocenters. The Morgan fingerprint density at radius 1 is 1.15 bits per heavy atom. The van der Waals surface area contributed by atoms with Gasteiger partial charge in [0.2, 0.25) is 10.0 Å². The van der Waals surface area contributed by atoms with Gasteiger partial charge < -0.3 is 4.40 Å². The molecule has 20 heavy (non-hydrogen) atoms. The molecule has 0 aromatic carbocycles. The van der Waals surface area contributed by atoms with Gasteiger partial charge in [-0.3, -0.25) is 4.98 Å². The highest BCUT2D eigenvalue weighted by Crippen LogP contribution is 2.19. The Morgan fingerprint density at radius 2 is 1.85 bits per heavy atom. The van der Waals surface area contributed by atoms with Crippen molar-refractivity contribution in [3.8, 4) is 0 Å². The van der Waals surface area contributed by atoms with Crippen LogP contribution in [0.25, 0.3) is 5.65 Å². The van der Waals surface area contributed by atoms with Crippen LogP contribution in [-0.2, 0) is 16.6 Å². The van der Waals surface area contributed by atoms with Gasteiger partial charge in [-0.25, -0.2) is 13.4 Å². The van der Waals surface area contributed by atoms with E-state index in [0.29, 0.717) is 13.1 Å². The Hall–Kier alpha value is -1.47. The molecule has 7 heteroatoms. The smallest absolute Gasteiger partial charge is 0.214 e. The Balaban J connectivity index is 2.02. The fourth-order valence-electron chi connectivity index (χ4n) is 2.61. The highest BCUT2D eigenvalue weighted by Gasteiger charge is 2.27. The molecule has 0 unspecified atom stereocenters. The minimum absolute atomic E-state index is 0.239. The van der Waals surface area contributed by atoms with Crippen molar-refractivity contribution < 1.29 is 8.42 Å². The lowest BCUT2D eigenvalue weighted by atomic mass is 10.3. The van der Waals surface area contributed by atoms with E-state index in [-0.39, 0.29) is 5.75 Å². The molecule has 0 radical (unpaired) electrons. The van der Waals surface area contributed by atoms with Gasteiger partial charge in [0.1, 0.15) is 0 Å². The number of fused-ring (bicyclic) bond motifs is 1. The van der Waals surface area contributed by atoms with E-state index < -0.39 is 10.0 Å². The quantitative estimate of drug-likeness (QED) is 0.836. The zero-order valence-electron chi connectivity index (χ0n) is 11.7. The van der Waals surface area contributed by atoms with Crippen molar-refractivity contribution >= 4 is 15.7 Å². The third kappa shape index (κ3) is 2.43. The van der Waals surface area contributed by atoms with E-state index in [1.54, 1.807) is 0 Å². The molecule has 6 nitrogen and oxygen atoms in total.